The minimum atomic E-state index is -2.13. The van der Waals surface area contributed by atoms with E-state index in [2.05, 4.69) is 260 Å². The third kappa shape index (κ3) is 11.9. The molecule has 0 aliphatic rings. The van der Waals surface area contributed by atoms with Crippen LogP contribution in [0.1, 0.15) is 237 Å². The molecule has 0 aliphatic heterocycles. The molecule has 3 nitrogen and oxygen atoms in total. The number of benzene rings is 6. The molecule has 0 N–H and O–H groups in total. The lowest BCUT2D eigenvalue weighted by molar-refractivity contribution is 0.373. The van der Waals surface area contributed by atoms with E-state index in [1.54, 1.807) is 0 Å². The van der Waals surface area contributed by atoms with Crippen molar-refractivity contribution < 1.29 is 13.6 Å². The minimum absolute atomic E-state index is 0.0151. The Hall–Kier alpha value is -4.07. The van der Waals surface area contributed by atoms with Gasteiger partial charge < -0.3 is 13.6 Å². The fourth-order valence-electron chi connectivity index (χ4n) is 9.62. The maximum atomic E-state index is 7.56. The Morgan fingerprint density at radius 1 is 0.229 bits per heavy atom. The van der Waals surface area contributed by atoms with Crippen LogP contribution in [0, 0.1) is 0 Å². The Labute approximate surface area is 428 Å². The summed E-state index contributed by atoms with van der Waals surface area (Å²) in [6.07, 6.45) is 0. The summed E-state index contributed by atoms with van der Waals surface area (Å²) in [5.74, 6) is 2.35. The molecule has 380 valence electrons. The van der Waals surface area contributed by atoms with Crippen molar-refractivity contribution in [1.82, 2.24) is 0 Å². The van der Waals surface area contributed by atoms with Gasteiger partial charge in [0.15, 0.2) is 0 Å². The van der Waals surface area contributed by atoms with Crippen LogP contribution in [-0.4, -0.2) is 0 Å². The fraction of sp³-hybridized carbons (Fsp3) is 0.545. The third-order valence-electron chi connectivity index (χ3n) is 14.1. The minimum Gasteiger partial charge on any atom is -0.408 e. The maximum absolute atomic E-state index is 7.56. The second kappa shape index (κ2) is 17.8. The predicted octanol–water partition coefficient (Wildman–Crippen LogP) is 20.6. The molecule has 4 heteroatoms. The second-order valence-electron chi connectivity index (χ2n) is 30.0. The summed E-state index contributed by atoms with van der Waals surface area (Å²) in [5.41, 5.74) is 10.1. The Balaban J connectivity index is 1.72. The molecule has 0 heterocycles. The van der Waals surface area contributed by atoms with E-state index in [0.717, 1.165) is 33.9 Å². The number of hydrogen-bond acceptors (Lipinski definition) is 3. The topological polar surface area (TPSA) is 27.7 Å². The van der Waals surface area contributed by atoms with Crippen molar-refractivity contribution in [2.45, 2.75) is 236 Å². The molecule has 6 rings (SSSR count). The van der Waals surface area contributed by atoms with E-state index in [0.29, 0.717) is 0 Å². The van der Waals surface area contributed by atoms with E-state index in [1.807, 2.05) is 0 Å². The summed E-state index contributed by atoms with van der Waals surface area (Å²) in [4.78, 5) is 0. The van der Waals surface area contributed by atoms with E-state index in [9.17, 15) is 0 Å². The largest absolute Gasteiger partial charge is 0.530 e. The molecule has 0 radical (unpaired) electrons. The zero-order valence-corrected chi connectivity index (χ0v) is 50.0. The number of rotatable bonds is 6. The number of fused-ring (bicyclic) bond motifs is 3. The average molecular weight is 965 g/mol. The highest BCUT2D eigenvalue weighted by atomic mass is 31.2. The van der Waals surface area contributed by atoms with E-state index >= 15 is 0 Å². The molecule has 0 aromatic heterocycles. The highest BCUT2D eigenvalue weighted by Crippen LogP contribution is 2.53. The zero-order valence-electron chi connectivity index (χ0n) is 49.1. The standard InChI is InChI=1S/C66H93O3P/c1-58(2,3)43-28-40-31-52(64(19,20)21)55(37-46(40)49(34-43)61(10,11)12)67-70(68-56-38-47-41(32-53(56)65(22,23)24)29-44(59(4,5)6)35-50(47)62(13,14)15)69-57-39-48-42(33-54(57)66(25,26)27)30-45(60(7,8)9)36-51(48)63(16,17)18/h28-39H,1-27H3. The molecular formula is C66H93O3P. The van der Waals surface area contributed by atoms with Gasteiger partial charge in [-0.1, -0.05) is 223 Å². The van der Waals surface area contributed by atoms with E-state index in [1.165, 1.54) is 65.7 Å². The molecule has 0 bridgehead atoms. The van der Waals surface area contributed by atoms with Gasteiger partial charge in [0.05, 0.1) is 0 Å². The van der Waals surface area contributed by atoms with Gasteiger partial charge >= 0.3 is 8.60 Å². The first-order valence-corrected chi connectivity index (χ1v) is 27.2. The Morgan fingerprint density at radius 2 is 0.429 bits per heavy atom. The van der Waals surface area contributed by atoms with Gasteiger partial charge in [-0.3, -0.25) is 0 Å². The molecule has 0 saturated heterocycles. The molecule has 0 atom stereocenters. The zero-order chi connectivity index (χ0) is 53.1. The van der Waals surface area contributed by atoms with Gasteiger partial charge in [0, 0.05) is 16.7 Å². The first-order valence-electron chi connectivity index (χ1n) is 26.1. The van der Waals surface area contributed by atoms with Crippen molar-refractivity contribution in [1.29, 1.82) is 0 Å². The van der Waals surface area contributed by atoms with E-state index < -0.39 is 8.60 Å². The van der Waals surface area contributed by atoms with Gasteiger partial charge in [-0.2, -0.15) is 0 Å². The molecule has 0 saturated carbocycles. The summed E-state index contributed by atoms with van der Waals surface area (Å²) >= 11 is 0. The van der Waals surface area contributed by atoms with Crippen LogP contribution in [0.5, 0.6) is 17.2 Å². The highest BCUT2D eigenvalue weighted by Gasteiger charge is 2.35. The molecule has 0 spiro atoms. The van der Waals surface area contributed by atoms with E-state index in [4.69, 9.17) is 13.6 Å². The van der Waals surface area contributed by atoms with Crippen molar-refractivity contribution >= 4 is 40.9 Å². The normalized spacial score (nSPS) is 14.1. The Kier molecular flexibility index (Phi) is 14.1. The van der Waals surface area contributed by atoms with Crippen LogP contribution < -0.4 is 13.6 Å². The summed E-state index contributed by atoms with van der Waals surface area (Å²) in [7, 11) is -2.13. The lowest BCUT2D eigenvalue weighted by Crippen LogP contribution is -2.19. The smallest absolute Gasteiger partial charge is 0.408 e. The van der Waals surface area contributed by atoms with E-state index in [-0.39, 0.29) is 48.7 Å². The molecule has 70 heavy (non-hydrogen) atoms. The molecule has 6 aromatic rings. The lowest BCUT2D eigenvalue weighted by Gasteiger charge is -2.32. The van der Waals surface area contributed by atoms with Crippen LogP contribution in [0.3, 0.4) is 0 Å². The summed E-state index contributed by atoms with van der Waals surface area (Å²) in [6.45, 7) is 62.2. The average Bonchev–Trinajstić information content (AvgIpc) is 3.15. The van der Waals surface area contributed by atoms with Crippen LogP contribution in [0.25, 0.3) is 32.3 Å². The molecule has 6 aromatic carbocycles. The van der Waals surface area contributed by atoms with Crippen LogP contribution in [0.4, 0.5) is 0 Å². The molecule has 0 fully saturated rings. The Morgan fingerprint density at radius 3 is 0.600 bits per heavy atom. The third-order valence-corrected chi connectivity index (χ3v) is 15.2. The Bertz CT molecular complexity index is 2610. The van der Waals surface area contributed by atoms with Gasteiger partial charge in [0.2, 0.25) is 0 Å². The quantitative estimate of drug-likeness (QED) is 0.156. The van der Waals surface area contributed by atoms with Crippen LogP contribution in [0.15, 0.2) is 72.8 Å². The fourth-order valence-corrected chi connectivity index (χ4v) is 10.7. The van der Waals surface area contributed by atoms with Gasteiger partial charge in [0.25, 0.3) is 0 Å². The second-order valence-corrected chi connectivity index (χ2v) is 31.0. The summed E-state index contributed by atoms with van der Waals surface area (Å²) in [6, 6.07) is 28.4. The number of hydrogen-bond donors (Lipinski definition) is 0. The first-order chi connectivity index (χ1) is 31.3. The first kappa shape index (κ1) is 55.2. The van der Waals surface area contributed by atoms with Crippen molar-refractivity contribution in [3.63, 3.8) is 0 Å². The maximum Gasteiger partial charge on any atom is 0.530 e. The van der Waals surface area contributed by atoms with Gasteiger partial charge in [0.1, 0.15) is 17.2 Å². The molecular weight excluding hydrogens is 872 g/mol. The molecule has 0 unspecified atom stereocenters. The van der Waals surface area contributed by atoms with Gasteiger partial charge in [-0.15, -0.1) is 0 Å². The monoisotopic (exact) mass is 965 g/mol. The summed E-state index contributed by atoms with van der Waals surface area (Å²) < 4.78 is 22.7. The van der Waals surface area contributed by atoms with Crippen LogP contribution >= 0.6 is 8.60 Å². The molecule has 0 amide bonds. The van der Waals surface area contributed by atoms with Crippen LogP contribution in [-0.2, 0) is 48.7 Å². The van der Waals surface area contributed by atoms with Crippen LogP contribution in [0.2, 0.25) is 0 Å². The SMILES string of the molecule is CC(C)(C)c1cc(C(C)(C)C)c2cc(OP(Oc3cc4c(C(C)(C)C)cc(C(C)(C)C)cc4cc3C(C)(C)C)Oc3cc4c(C(C)(C)C)cc(C(C)(C)C)cc4cc3C(C)(C)C)c(C(C)(C)C)cc2c1. The van der Waals surface area contributed by atoms with Gasteiger partial charge in [-0.05, 0) is 151 Å². The summed E-state index contributed by atoms with van der Waals surface area (Å²) in [5, 5.41) is 7.24. The van der Waals surface area contributed by atoms with Crippen molar-refractivity contribution in [3.05, 3.63) is 123 Å². The molecule has 0 aliphatic carbocycles. The van der Waals surface area contributed by atoms with Crippen molar-refractivity contribution in [3.8, 4) is 17.2 Å². The van der Waals surface area contributed by atoms with Crippen molar-refractivity contribution in [2.75, 3.05) is 0 Å². The van der Waals surface area contributed by atoms with Crippen molar-refractivity contribution in [2.24, 2.45) is 0 Å². The predicted molar refractivity (Wildman–Crippen MR) is 309 cm³/mol. The van der Waals surface area contributed by atoms with Gasteiger partial charge in [-0.25, -0.2) is 0 Å². The highest BCUT2D eigenvalue weighted by molar-refractivity contribution is 7.43. The lowest BCUT2D eigenvalue weighted by atomic mass is 9.76.